The standard InChI is InChI=1S/C18H21F2N3O3/c1-3-22-8-12-11(17(24)13(9-22)18(25)26)6-14(19)16(15(12)20)23-5-4-21-10(2)7-23/h6,9-10,21H,3-5,7-8H2,1-2H3,(H,25,26). The molecule has 3 rings (SSSR count). The van der Waals surface area contributed by atoms with Gasteiger partial charge in [-0.15, -0.1) is 0 Å². The van der Waals surface area contributed by atoms with Crippen LogP contribution in [0.15, 0.2) is 17.8 Å². The third-order valence-corrected chi connectivity index (χ3v) is 4.78. The number of anilines is 1. The number of carbonyl (C=O) groups excluding carboxylic acids is 1. The van der Waals surface area contributed by atoms with Crippen LogP contribution in [-0.2, 0) is 11.3 Å². The predicted octanol–water partition coefficient (Wildman–Crippen LogP) is 1.75. The molecule has 0 saturated carbocycles. The van der Waals surface area contributed by atoms with E-state index in [4.69, 9.17) is 0 Å². The average Bonchev–Trinajstić information content (AvgIpc) is 2.73. The highest BCUT2D eigenvalue weighted by atomic mass is 19.1. The van der Waals surface area contributed by atoms with E-state index in [1.54, 1.807) is 16.7 Å². The molecular weight excluding hydrogens is 344 g/mol. The van der Waals surface area contributed by atoms with Crippen molar-refractivity contribution in [3.05, 3.63) is 40.6 Å². The molecule has 1 unspecified atom stereocenters. The molecule has 1 aromatic rings. The van der Waals surface area contributed by atoms with Gasteiger partial charge in [-0.1, -0.05) is 0 Å². The van der Waals surface area contributed by atoms with Gasteiger partial charge in [0.1, 0.15) is 17.1 Å². The number of Topliss-reactive ketones (excluding diaryl/α,β-unsaturated/α-hetero) is 1. The Morgan fingerprint density at radius 2 is 2.15 bits per heavy atom. The monoisotopic (exact) mass is 365 g/mol. The summed E-state index contributed by atoms with van der Waals surface area (Å²) in [6.07, 6.45) is 1.20. The quantitative estimate of drug-likeness (QED) is 0.795. The number of rotatable bonds is 3. The molecular formula is C18H21F2N3O3. The minimum Gasteiger partial charge on any atom is -0.477 e. The minimum atomic E-state index is -1.41. The maximum atomic E-state index is 15.3. The fraction of sp³-hybridized carbons (Fsp3) is 0.444. The number of halogens is 2. The van der Waals surface area contributed by atoms with Crippen molar-refractivity contribution in [3.8, 4) is 0 Å². The van der Waals surface area contributed by atoms with Gasteiger partial charge in [-0.3, -0.25) is 4.79 Å². The normalized spacial score (nSPS) is 20.5. The van der Waals surface area contributed by atoms with E-state index in [1.807, 2.05) is 6.92 Å². The summed E-state index contributed by atoms with van der Waals surface area (Å²) in [7, 11) is 0. The lowest BCUT2D eigenvalue weighted by Gasteiger charge is -2.34. The molecule has 0 radical (unpaired) electrons. The fourth-order valence-electron chi connectivity index (χ4n) is 3.42. The largest absolute Gasteiger partial charge is 0.477 e. The number of ketones is 1. The number of carboxylic acid groups (broad SMARTS) is 1. The molecule has 1 atom stereocenters. The summed E-state index contributed by atoms with van der Waals surface area (Å²) in [4.78, 5) is 27.1. The zero-order valence-electron chi connectivity index (χ0n) is 14.7. The van der Waals surface area contributed by atoms with Gasteiger partial charge in [0.25, 0.3) is 0 Å². The molecule has 1 aromatic carbocycles. The van der Waals surface area contributed by atoms with Crippen molar-refractivity contribution < 1.29 is 23.5 Å². The summed E-state index contributed by atoms with van der Waals surface area (Å²) in [6, 6.07) is 1.05. The Labute approximate surface area is 150 Å². The van der Waals surface area contributed by atoms with Crippen LogP contribution in [0.25, 0.3) is 0 Å². The highest BCUT2D eigenvalue weighted by Crippen LogP contribution is 2.33. The Kier molecular flexibility index (Phi) is 4.95. The highest BCUT2D eigenvalue weighted by molar-refractivity contribution is 6.24. The predicted molar refractivity (Wildman–Crippen MR) is 92.2 cm³/mol. The maximum absolute atomic E-state index is 15.3. The zero-order chi connectivity index (χ0) is 19.0. The van der Waals surface area contributed by atoms with Crippen LogP contribution in [-0.4, -0.2) is 54.0 Å². The Balaban J connectivity index is 2.12. The molecule has 0 aromatic heterocycles. The SMILES string of the molecule is CCN1C=C(C(=O)O)C(=O)c2cc(F)c(N3CCNC(C)C3)c(F)c2C1. The number of nitrogens with one attached hydrogen (secondary N) is 1. The summed E-state index contributed by atoms with van der Waals surface area (Å²) in [5.41, 5.74) is -0.837. The van der Waals surface area contributed by atoms with E-state index < -0.39 is 29.0 Å². The van der Waals surface area contributed by atoms with Crippen LogP contribution in [0.4, 0.5) is 14.5 Å². The van der Waals surface area contributed by atoms with Crippen molar-refractivity contribution in [3.63, 3.8) is 0 Å². The van der Waals surface area contributed by atoms with Gasteiger partial charge in [-0.25, -0.2) is 13.6 Å². The second-order valence-corrected chi connectivity index (χ2v) is 6.59. The molecule has 0 aliphatic carbocycles. The van der Waals surface area contributed by atoms with E-state index in [1.165, 1.54) is 6.20 Å². The van der Waals surface area contributed by atoms with Gasteiger partial charge in [0.05, 0.1) is 0 Å². The van der Waals surface area contributed by atoms with Gasteiger partial charge in [0, 0.05) is 56.1 Å². The van der Waals surface area contributed by atoms with Crippen LogP contribution in [0.2, 0.25) is 0 Å². The van der Waals surface area contributed by atoms with Crippen molar-refractivity contribution in [1.29, 1.82) is 0 Å². The smallest absolute Gasteiger partial charge is 0.341 e. The first-order valence-electron chi connectivity index (χ1n) is 8.56. The third-order valence-electron chi connectivity index (χ3n) is 4.78. The van der Waals surface area contributed by atoms with Crippen molar-refractivity contribution >= 4 is 17.4 Å². The minimum absolute atomic E-state index is 0.00904. The molecule has 0 spiro atoms. The summed E-state index contributed by atoms with van der Waals surface area (Å²) in [5.74, 6) is -3.93. The summed E-state index contributed by atoms with van der Waals surface area (Å²) < 4.78 is 30.0. The zero-order valence-corrected chi connectivity index (χ0v) is 14.7. The Morgan fingerprint density at radius 3 is 2.77 bits per heavy atom. The number of aliphatic carboxylic acids is 1. The van der Waals surface area contributed by atoms with Gasteiger partial charge < -0.3 is 20.2 Å². The van der Waals surface area contributed by atoms with Crippen molar-refractivity contribution in [2.45, 2.75) is 26.4 Å². The number of hydrogen-bond donors (Lipinski definition) is 2. The first-order chi connectivity index (χ1) is 12.3. The molecule has 0 bridgehead atoms. The molecule has 1 saturated heterocycles. The van der Waals surface area contributed by atoms with Crippen molar-refractivity contribution in [1.82, 2.24) is 10.2 Å². The second kappa shape index (κ2) is 7.03. The van der Waals surface area contributed by atoms with Crippen LogP contribution in [0, 0.1) is 11.6 Å². The lowest BCUT2D eigenvalue weighted by molar-refractivity contribution is -0.132. The van der Waals surface area contributed by atoms with E-state index >= 15 is 4.39 Å². The molecule has 2 N–H and O–H groups in total. The van der Waals surface area contributed by atoms with E-state index in [-0.39, 0.29) is 29.4 Å². The second-order valence-electron chi connectivity index (χ2n) is 6.59. The molecule has 140 valence electrons. The highest BCUT2D eigenvalue weighted by Gasteiger charge is 2.32. The number of piperazine rings is 1. The number of carbonyl (C=O) groups is 2. The van der Waals surface area contributed by atoms with Gasteiger partial charge in [-0.05, 0) is 19.9 Å². The molecule has 1 fully saturated rings. The molecule has 0 amide bonds. The van der Waals surface area contributed by atoms with E-state index in [0.29, 0.717) is 26.2 Å². The first-order valence-corrected chi connectivity index (χ1v) is 8.56. The summed E-state index contributed by atoms with van der Waals surface area (Å²) >= 11 is 0. The number of nitrogens with zero attached hydrogens (tertiary/aromatic N) is 2. The molecule has 2 heterocycles. The van der Waals surface area contributed by atoms with E-state index in [9.17, 15) is 19.1 Å². The van der Waals surface area contributed by atoms with Crippen LogP contribution >= 0.6 is 0 Å². The Morgan fingerprint density at radius 1 is 1.42 bits per heavy atom. The molecule has 8 heteroatoms. The first kappa shape index (κ1) is 18.3. The molecule has 2 aliphatic rings. The number of carboxylic acids is 1. The van der Waals surface area contributed by atoms with E-state index in [2.05, 4.69) is 5.32 Å². The van der Waals surface area contributed by atoms with Gasteiger partial charge >= 0.3 is 5.97 Å². The summed E-state index contributed by atoms with van der Waals surface area (Å²) in [5, 5.41) is 12.5. The van der Waals surface area contributed by atoms with Gasteiger partial charge in [0.2, 0.25) is 5.78 Å². The summed E-state index contributed by atoms with van der Waals surface area (Å²) in [6.45, 7) is 5.58. The Hall–Kier alpha value is -2.48. The molecule has 2 aliphatic heterocycles. The molecule has 26 heavy (non-hydrogen) atoms. The maximum Gasteiger partial charge on any atom is 0.341 e. The topological polar surface area (TPSA) is 72.9 Å². The molecule has 6 nitrogen and oxygen atoms in total. The van der Waals surface area contributed by atoms with Crippen LogP contribution in [0.1, 0.15) is 29.8 Å². The lowest BCUT2D eigenvalue weighted by Crippen LogP contribution is -2.50. The van der Waals surface area contributed by atoms with Crippen LogP contribution < -0.4 is 10.2 Å². The third kappa shape index (κ3) is 3.16. The number of fused-ring (bicyclic) bond motifs is 1. The van der Waals surface area contributed by atoms with Crippen molar-refractivity contribution in [2.24, 2.45) is 0 Å². The van der Waals surface area contributed by atoms with Gasteiger partial charge in [0.15, 0.2) is 5.82 Å². The van der Waals surface area contributed by atoms with E-state index in [0.717, 1.165) is 6.07 Å². The Bertz CT molecular complexity index is 794. The van der Waals surface area contributed by atoms with Crippen molar-refractivity contribution in [2.75, 3.05) is 31.1 Å². The lowest BCUT2D eigenvalue weighted by atomic mass is 9.97. The number of hydrogen-bond acceptors (Lipinski definition) is 5. The van der Waals surface area contributed by atoms with Crippen LogP contribution in [0.5, 0.6) is 0 Å². The fourth-order valence-corrected chi connectivity index (χ4v) is 3.42. The number of benzene rings is 1. The average molecular weight is 365 g/mol. The van der Waals surface area contributed by atoms with Gasteiger partial charge in [-0.2, -0.15) is 0 Å². The van der Waals surface area contributed by atoms with Crippen LogP contribution in [0.3, 0.4) is 0 Å².